The van der Waals surface area contributed by atoms with Crippen LogP contribution in [0, 0.1) is 11.8 Å². The number of hydrogen-bond donors (Lipinski definition) is 1. The van der Waals surface area contributed by atoms with Crippen molar-refractivity contribution in [3.63, 3.8) is 0 Å². The minimum Gasteiger partial charge on any atom is -0.378 e. The van der Waals surface area contributed by atoms with E-state index in [1.807, 2.05) is 0 Å². The molecule has 1 heterocycles. The van der Waals surface area contributed by atoms with E-state index in [0.29, 0.717) is 12.0 Å². The fourth-order valence-corrected chi connectivity index (χ4v) is 3.27. The average Bonchev–Trinajstić information content (AvgIpc) is 2.79. The van der Waals surface area contributed by atoms with Crippen LogP contribution in [0.15, 0.2) is 0 Å². The molecule has 2 rings (SSSR count). The first-order chi connectivity index (χ1) is 7.77. The van der Waals surface area contributed by atoms with E-state index in [1.165, 1.54) is 45.1 Å². The van der Waals surface area contributed by atoms with E-state index in [4.69, 9.17) is 4.74 Å². The third kappa shape index (κ3) is 4.42. The van der Waals surface area contributed by atoms with Crippen LogP contribution in [0.3, 0.4) is 0 Å². The van der Waals surface area contributed by atoms with Crippen LogP contribution in [-0.2, 0) is 4.74 Å². The van der Waals surface area contributed by atoms with E-state index in [2.05, 4.69) is 19.2 Å². The van der Waals surface area contributed by atoms with Crippen molar-refractivity contribution in [2.45, 2.75) is 64.5 Å². The summed E-state index contributed by atoms with van der Waals surface area (Å²) in [6, 6.07) is 0.801. The molecule has 0 aromatic heterocycles. The van der Waals surface area contributed by atoms with Crippen LogP contribution in [0.4, 0.5) is 0 Å². The Hall–Kier alpha value is 0.210. The lowest BCUT2D eigenvalue weighted by Crippen LogP contribution is -2.42. The minimum atomic E-state index is 0. The van der Waals surface area contributed by atoms with Crippen LogP contribution < -0.4 is 5.32 Å². The molecule has 3 heteroatoms. The van der Waals surface area contributed by atoms with Gasteiger partial charge in [-0.25, -0.2) is 0 Å². The van der Waals surface area contributed by atoms with Crippen molar-refractivity contribution < 1.29 is 4.74 Å². The summed E-state index contributed by atoms with van der Waals surface area (Å²) >= 11 is 0. The van der Waals surface area contributed by atoms with Crippen molar-refractivity contribution >= 4 is 12.4 Å². The van der Waals surface area contributed by atoms with Gasteiger partial charge in [-0.15, -0.1) is 12.4 Å². The van der Waals surface area contributed by atoms with Gasteiger partial charge in [0, 0.05) is 19.2 Å². The molecule has 0 aromatic carbocycles. The lowest BCUT2D eigenvalue weighted by molar-refractivity contribution is -0.0521. The highest BCUT2D eigenvalue weighted by Gasteiger charge is 2.29. The largest absolute Gasteiger partial charge is 0.378 e. The zero-order valence-corrected chi connectivity index (χ0v) is 12.1. The highest BCUT2D eigenvalue weighted by Crippen LogP contribution is 2.26. The summed E-state index contributed by atoms with van der Waals surface area (Å²) in [6.45, 7) is 6.73. The van der Waals surface area contributed by atoms with Gasteiger partial charge in [0.25, 0.3) is 0 Å². The van der Waals surface area contributed by atoms with Crippen molar-refractivity contribution in [1.82, 2.24) is 5.32 Å². The van der Waals surface area contributed by atoms with Crippen LogP contribution in [0.1, 0.15) is 52.4 Å². The Kier molecular flexibility index (Phi) is 6.83. The van der Waals surface area contributed by atoms with Crippen molar-refractivity contribution in [1.29, 1.82) is 0 Å². The summed E-state index contributed by atoms with van der Waals surface area (Å²) in [5.74, 6) is 1.41. The highest BCUT2D eigenvalue weighted by molar-refractivity contribution is 5.85. The van der Waals surface area contributed by atoms with Crippen LogP contribution in [0.5, 0.6) is 0 Å². The van der Waals surface area contributed by atoms with Crippen molar-refractivity contribution in [2.75, 3.05) is 13.2 Å². The predicted octanol–water partition coefficient (Wildman–Crippen LogP) is 3.39. The molecule has 0 bridgehead atoms. The summed E-state index contributed by atoms with van der Waals surface area (Å²) in [4.78, 5) is 0. The van der Waals surface area contributed by atoms with Crippen molar-refractivity contribution in [3.8, 4) is 0 Å². The van der Waals surface area contributed by atoms with Gasteiger partial charge in [0.05, 0.1) is 6.10 Å². The first-order valence-electron chi connectivity index (χ1n) is 7.12. The van der Waals surface area contributed by atoms with Crippen LogP contribution in [0.25, 0.3) is 0 Å². The smallest absolute Gasteiger partial charge is 0.0638 e. The molecule has 2 atom stereocenters. The third-order valence-electron chi connectivity index (χ3n) is 4.18. The molecule has 0 aromatic rings. The zero-order chi connectivity index (χ0) is 11.4. The number of halogens is 1. The molecule has 2 aliphatic rings. The molecule has 102 valence electrons. The van der Waals surface area contributed by atoms with Gasteiger partial charge in [0.2, 0.25) is 0 Å². The lowest BCUT2D eigenvalue weighted by Gasteiger charge is -2.35. The van der Waals surface area contributed by atoms with Crippen LogP contribution in [-0.4, -0.2) is 25.3 Å². The maximum absolute atomic E-state index is 5.93. The quantitative estimate of drug-likeness (QED) is 0.838. The van der Waals surface area contributed by atoms with Gasteiger partial charge in [-0.05, 0) is 37.5 Å². The summed E-state index contributed by atoms with van der Waals surface area (Å²) in [7, 11) is 0. The van der Waals surface area contributed by atoms with E-state index in [9.17, 15) is 0 Å². The Morgan fingerprint density at radius 3 is 2.47 bits per heavy atom. The maximum atomic E-state index is 5.93. The van der Waals surface area contributed by atoms with E-state index < -0.39 is 0 Å². The molecule has 1 aliphatic heterocycles. The first kappa shape index (κ1) is 15.3. The molecule has 2 unspecified atom stereocenters. The summed E-state index contributed by atoms with van der Waals surface area (Å²) in [5, 5.41) is 3.76. The Morgan fingerprint density at radius 2 is 1.82 bits per heavy atom. The van der Waals surface area contributed by atoms with Gasteiger partial charge in [-0.2, -0.15) is 0 Å². The van der Waals surface area contributed by atoms with Gasteiger partial charge in [-0.3, -0.25) is 0 Å². The Balaban J connectivity index is 0.00000144. The number of rotatable bonds is 4. The summed E-state index contributed by atoms with van der Waals surface area (Å²) in [6.07, 6.45) is 8.71. The molecule has 0 amide bonds. The molecule has 2 fully saturated rings. The molecular weight excluding hydrogens is 234 g/mol. The Labute approximate surface area is 112 Å². The number of nitrogens with one attached hydrogen (secondary N) is 1. The van der Waals surface area contributed by atoms with Crippen LogP contribution in [0.2, 0.25) is 0 Å². The molecule has 1 N–H and O–H groups in total. The number of ether oxygens (including phenoxy) is 1. The van der Waals surface area contributed by atoms with Crippen LogP contribution >= 0.6 is 12.4 Å². The maximum Gasteiger partial charge on any atom is 0.0638 e. The number of hydrogen-bond acceptors (Lipinski definition) is 2. The van der Waals surface area contributed by atoms with Crippen molar-refractivity contribution in [2.24, 2.45) is 11.8 Å². The molecule has 17 heavy (non-hydrogen) atoms. The molecule has 0 spiro atoms. The second kappa shape index (κ2) is 7.60. The standard InChI is InChI=1S/C14H27NO.ClH/c1-11(2)14-12(6-5-9-16-14)10-15-13-7-3-4-8-13;/h11-15H,3-10H2,1-2H3;1H. The Bertz CT molecular complexity index is 204. The minimum absolute atomic E-state index is 0. The molecule has 1 saturated carbocycles. The van der Waals surface area contributed by atoms with E-state index in [-0.39, 0.29) is 12.4 Å². The molecule has 2 nitrogen and oxygen atoms in total. The highest BCUT2D eigenvalue weighted by atomic mass is 35.5. The molecule has 0 radical (unpaired) electrons. The molecule has 1 aliphatic carbocycles. The average molecular weight is 262 g/mol. The molecule has 1 saturated heterocycles. The SMILES string of the molecule is CC(C)C1OCCCC1CNC1CCCC1.Cl. The zero-order valence-electron chi connectivity index (χ0n) is 11.3. The van der Waals surface area contributed by atoms with Gasteiger partial charge < -0.3 is 10.1 Å². The Morgan fingerprint density at radius 1 is 1.12 bits per heavy atom. The third-order valence-corrected chi connectivity index (χ3v) is 4.18. The monoisotopic (exact) mass is 261 g/mol. The van der Waals surface area contributed by atoms with Crippen molar-refractivity contribution in [3.05, 3.63) is 0 Å². The topological polar surface area (TPSA) is 21.3 Å². The fraction of sp³-hybridized carbons (Fsp3) is 1.00. The van der Waals surface area contributed by atoms with E-state index in [0.717, 1.165) is 18.6 Å². The molecular formula is C14H28ClNO. The lowest BCUT2D eigenvalue weighted by atomic mass is 9.87. The summed E-state index contributed by atoms with van der Waals surface area (Å²) in [5.41, 5.74) is 0. The second-order valence-electron chi connectivity index (χ2n) is 5.87. The van der Waals surface area contributed by atoms with Gasteiger partial charge in [-0.1, -0.05) is 26.7 Å². The second-order valence-corrected chi connectivity index (χ2v) is 5.87. The van der Waals surface area contributed by atoms with Gasteiger partial charge in [0.1, 0.15) is 0 Å². The van der Waals surface area contributed by atoms with E-state index in [1.54, 1.807) is 0 Å². The fourth-order valence-electron chi connectivity index (χ4n) is 3.27. The normalized spacial score (nSPS) is 30.5. The van der Waals surface area contributed by atoms with Gasteiger partial charge >= 0.3 is 0 Å². The first-order valence-corrected chi connectivity index (χ1v) is 7.12. The van der Waals surface area contributed by atoms with Gasteiger partial charge in [0.15, 0.2) is 0 Å². The summed E-state index contributed by atoms with van der Waals surface area (Å²) < 4.78 is 5.93. The van der Waals surface area contributed by atoms with E-state index >= 15 is 0 Å². The predicted molar refractivity (Wildman–Crippen MR) is 74.8 cm³/mol.